The highest BCUT2D eigenvalue weighted by Crippen LogP contribution is 2.40. The summed E-state index contributed by atoms with van der Waals surface area (Å²) >= 11 is 0. The van der Waals surface area contributed by atoms with E-state index in [1.165, 1.54) is 12.4 Å². The highest BCUT2D eigenvalue weighted by atomic mass is 19.1. The maximum Gasteiger partial charge on any atom is 0.255 e. The molecule has 3 aromatic rings. The maximum atomic E-state index is 14.0. The minimum absolute atomic E-state index is 0.00944. The normalized spacial score (nSPS) is 15.0. The van der Waals surface area contributed by atoms with Gasteiger partial charge in [0.1, 0.15) is 23.7 Å². The van der Waals surface area contributed by atoms with Crippen molar-refractivity contribution >= 4 is 22.8 Å². The Morgan fingerprint density at radius 2 is 2.07 bits per heavy atom. The summed E-state index contributed by atoms with van der Waals surface area (Å²) in [4.78, 5) is 21.4. The van der Waals surface area contributed by atoms with E-state index in [0.717, 1.165) is 18.4 Å². The van der Waals surface area contributed by atoms with Crippen molar-refractivity contribution in [3.05, 3.63) is 52.8 Å². The molecule has 0 unspecified atom stereocenters. The van der Waals surface area contributed by atoms with Gasteiger partial charge in [-0.15, -0.1) is 0 Å². The second-order valence-corrected chi connectivity index (χ2v) is 7.34. The second kappa shape index (κ2) is 6.33. The lowest BCUT2D eigenvalue weighted by molar-refractivity contribution is 0.0950. The van der Waals surface area contributed by atoms with Crippen LogP contribution in [0.1, 0.15) is 47.0 Å². The molecule has 2 N–H and O–H groups in total. The van der Waals surface area contributed by atoms with Crippen molar-refractivity contribution < 1.29 is 13.6 Å². The van der Waals surface area contributed by atoms with Crippen molar-refractivity contribution in [2.75, 3.05) is 5.32 Å². The number of carbonyl (C=O) groups is 1. The fourth-order valence-corrected chi connectivity index (χ4v) is 3.16. The first kappa shape index (κ1) is 17.5. The van der Waals surface area contributed by atoms with Crippen LogP contribution in [0, 0.1) is 19.7 Å². The molecule has 1 aliphatic rings. The first-order valence-corrected chi connectivity index (χ1v) is 8.92. The molecule has 2 aromatic heterocycles. The van der Waals surface area contributed by atoms with E-state index < -0.39 is 0 Å². The van der Waals surface area contributed by atoms with Gasteiger partial charge in [0.2, 0.25) is 5.71 Å². The number of fused-ring (bicyclic) bond motifs is 1. The number of anilines is 1. The van der Waals surface area contributed by atoms with Crippen LogP contribution in [0.2, 0.25) is 0 Å². The van der Waals surface area contributed by atoms with Crippen molar-refractivity contribution in [2.24, 2.45) is 0 Å². The number of hydrogen-bond acceptors (Lipinski definition) is 5. The fourth-order valence-electron chi connectivity index (χ4n) is 3.16. The molecule has 0 spiro atoms. The molecule has 1 fully saturated rings. The minimum Gasteiger partial charge on any atom is -0.442 e. The molecule has 27 heavy (non-hydrogen) atoms. The number of aromatic nitrogens is 2. The van der Waals surface area contributed by atoms with Gasteiger partial charge in [-0.25, -0.2) is 14.4 Å². The van der Waals surface area contributed by atoms with Gasteiger partial charge in [-0.05, 0) is 45.2 Å². The molecule has 140 valence electrons. The molecule has 2 heterocycles. The standard InChI is InChI=1S/C20H21FN4O2/c1-11-5-4-6-14(21)13(11)9-22-18(26)15-12(2)27-19-16(15)17(23-10-24-19)25-20(3)7-8-20/h4-6,10H,7-9H2,1-3H3,(H,22,26)(H,23,24,25). The molecule has 0 atom stereocenters. The summed E-state index contributed by atoms with van der Waals surface area (Å²) in [6.07, 6.45) is 3.51. The number of nitrogens with zero attached hydrogens (tertiary/aromatic N) is 2. The number of halogens is 1. The Morgan fingerprint density at radius 3 is 2.78 bits per heavy atom. The molecule has 4 rings (SSSR count). The Balaban J connectivity index is 1.66. The van der Waals surface area contributed by atoms with E-state index in [1.54, 1.807) is 13.0 Å². The zero-order chi connectivity index (χ0) is 19.2. The number of amides is 1. The third kappa shape index (κ3) is 3.25. The Labute approximate surface area is 156 Å². The highest BCUT2D eigenvalue weighted by molar-refractivity contribution is 6.10. The molecule has 7 heteroatoms. The topological polar surface area (TPSA) is 80.1 Å². The zero-order valence-corrected chi connectivity index (χ0v) is 15.5. The Morgan fingerprint density at radius 1 is 1.30 bits per heavy atom. The molecule has 1 saturated carbocycles. The predicted octanol–water partition coefficient (Wildman–Crippen LogP) is 3.87. The lowest BCUT2D eigenvalue weighted by Gasteiger charge is -2.13. The molecule has 6 nitrogen and oxygen atoms in total. The molecular weight excluding hydrogens is 347 g/mol. The van der Waals surface area contributed by atoms with Crippen molar-refractivity contribution in [1.82, 2.24) is 15.3 Å². The fraction of sp³-hybridized carbons (Fsp3) is 0.350. The number of carbonyl (C=O) groups excluding carboxylic acids is 1. The van der Waals surface area contributed by atoms with Gasteiger partial charge >= 0.3 is 0 Å². The second-order valence-electron chi connectivity index (χ2n) is 7.34. The van der Waals surface area contributed by atoms with E-state index >= 15 is 0 Å². The van der Waals surface area contributed by atoms with Gasteiger partial charge in [-0.1, -0.05) is 12.1 Å². The van der Waals surface area contributed by atoms with Crippen LogP contribution in [0.25, 0.3) is 11.1 Å². The summed E-state index contributed by atoms with van der Waals surface area (Å²) in [5, 5.41) is 6.75. The van der Waals surface area contributed by atoms with E-state index in [1.807, 2.05) is 13.0 Å². The molecule has 1 aliphatic carbocycles. The van der Waals surface area contributed by atoms with Crippen LogP contribution in [-0.4, -0.2) is 21.4 Å². The van der Waals surface area contributed by atoms with Gasteiger partial charge in [0.25, 0.3) is 5.91 Å². The van der Waals surface area contributed by atoms with Gasteiger partial charge in [0.15, 0.2) is 0 Å². The maximum absolute atomic E-state index is 14.0. The number of rotatable bonds is 5. The summed E-state index contributed by atoms with van der Waals surface area (Å²) in [5.41, 5.74) is 1.99. The smallest absolute Gasteiger partial charge is 0.255 e. The van der Waals surface area contributed by atoms with Crippen molar-refractivity contribution in [2.45, 2.75) is 45.7 Å². The van der Waals surface area contributed by atoms with Gasteiger partial charge < -0.3 is 15.1 Å². The van der Waals surface area contributed by atoms with Gasteiger partial charge in [0, 0.05) is 17.6 Å². The first-order chi connectivity index (χ1) is 12.9. The van der Waals surface area contributed by atoms with Gasteiger partial charge in [-0.2, -0.15) is 0 Å². The van der Waals surface area contributed by atoms with Crippen LogP contribution in [-0.2, 0) is 6.54 Å². The quantitative estimate of drug-likeness (QED) is 0.715. The number of aryl methyl sites for hydroxylation is 2. The van der Waals surface area contributed by atoms with E-state index in [0.29, 0.717) is 33.8 Å². The summed E-state index contributed by atoms with van der Waals surface area (Å²) in [6, 6.07) is 4.85. The van der Waals surface area contributed by atoms with Gasteiger partial charge in [0.05, 0.1) is 10.9 Å². The number of nitrogens with one attached hydrogen (secondary N) is 2. The predicted molar refractivity (Wildman–Crippen MR) is 100 cm³/mol. The Bertz CT molecular complexity index is 1020. The molecule has 1 amide bonds. The van der Waals surface area contributed by atoms with Crippen molar-refractivity contribution in [3.8, 4) is 0 Å². The lowest BCUT2D eigenvalue weighted by atomic mass is 10.1. The number of furan rings is 1. The van der Waals surface area contributed by atoms with Crippen molar-refractivity contribution in [3.63, 3.8) is 0 Å². The molecule has 0 bridgehead atoms. The number of benzene rings is 1. The summed E-state index contributed by atoms with van der Waals surface area (Å²) in [7, 11) is 0. The molecule has 0 saturated heterocycles. The van der Waals surface area contributed by atoms with Gasteiger partial charge in [-0.3, -0.25) is 4.79 Å². The molecular formula is C20H21FN4O2. The molecule has 0 radical (unpaired) electrons. The van der Waals surface area contributed by atoms with E-state index in [4.69, 9.17) is 4.42 Å². The third-order valence-electron chi connectivity index (χ3n) is 5.09. The average Bonchev–Trinajstić information content (AvgIpc) is 3.23. The Hall–Kier alpha value is -2.96. The number of hydrogen-bond donors (Lipinski definition) is 2. The lowest BCUT2D eigenvalue weighted by Crippen LogP contribution is -2.25. The molecule has 0 aliphatic heterocycles. The highest BCUT2D eigenvalue weighted by Gasteiger charge is 2.38. The van der Waals surface area contributed by atoms with E-state index in [9.17, 15) is 9.18 Å². The third-order valence-corrected chi connectivity index (χ3v) is 5.09. The zero-order valence-electron chi connectivity index (χ0n) is 15.5. The SMILES string of the molecule is Cc1cccc(F)c1CNC(=O)c1c(C)oc2ncnc(NC3(C)CC3)c12. The van der Waals surface area contributed by atoms with Crippen LogP contribution in [0.4, 0.5) is 10.2 Å². The largest absolute Gasteiger partial charge is 0.442 e. The average molecular weight is 368 g/mol. The van der Waals surface area contributed by atoms with E-state index in [-0.39, 0.29) is 23.8 Å². The minimum atomic E-state index is -0.340. The Kier molecular flexibility index (Phi) is 4.09. The van der Waals surface area contributed by atoms with Crippen LogP contribution >= 0.6 is 0 Å². The van der Waals surface area contributed by atoms with Crippen LogP contribution < -0.4 is 10.6 Å². The summed E-state index contributed by atoms with van der Waals surface area (Å²) < 4.78 is 19.7. The summed E-state index contributed by atoms with van der Waals surface area (Å²) in [5.74, 6) is 0.366. The van der Waals surface area contributed by atoms with E-state index in [2.05, 4.69) is 27.5 Å². The van der Waals surface area contributed by atoms with Crippen LogP contribution in [0.15, 0.2) is 28.9 Å². The summed E-state index contributed by atoms with van der Waals surface area (Å²) in [6.45, 7) is 5.73. The van der Waals surface area contributed by atoms with Crippen molar-refractivity contribution in [1.29, 1.82) is 0 Å². The van der Waals surface area contributed by atoms with Crippen LogP contribution in [0.3, 0.4) is 0 Å². The first-order valence-electron chi connectivity index (χ1n) is 8.92. The molecule has 1 aromatic carbocycles. The monoisotopic (exact) mass is 368 g/mol. The van der Waals surface area contributed by atoms with Crippen LogP contribution in [0.5, 0.6) is 0 Å².